The van der Waals surface area contributed by atoms with Crippen LogP contribution >= 0.6 is 11.6 Å². The first kappa shape index (κ1) is 26.0. The van der Waals surface area contributed by atoms with E-state index >= 15 is 0 Å². The Hall–Kier alpha value is -3.05. The Balaban J connectivity index is 1.63. The van der Waals surface area contributed by atoms with Gasteiger partial charge in [-0.15, -0.1) is 0 Å². The minimum atomic E-state index is -0.528. The third-order valence-corrected chi connectivity index (χ3v) is 7.18. The minimum absolute atomic E-state index is 0.0267. The first-order chi connectivity index (χ1) is 17.1. The molecule has 1 aromatic carbocycles. The van der Waals surface area contributed by atoms with Gasteiger partial charge < -0.3 is 15.4 Å². The second-order valence-electron chi connectivity index (χ2n) is 10.6. The van der Waals surface area contributed by atoms with Crippen molar-refractivity contribution in [3.05, 3.63) is 94.9 Å². The van der Waals surface area contributed by atoms with Gasteiger partial charge in [-0.2, -0.15) is 0 Å². The van der Waals surface area contributed by atoms with Crippen molar-refractivity contribution in [2.45, 2.75) is 77.0 Å². The number of benzene rings is 1. The maximum atomic E-state index is 12.5. The smallest absolute Gasteiger partial charge is 0.408 e. The van der Waals surface area contributed by atoms with Crippen LogP contribution in [0, 0.1) is 0 Å². The molecule has 0 spiro atoms. The molecule has 1 saturated carbocycles. The number of rotatable bonds is 6. The molecule has 1 fully saturated rings. The molecule has 1 unspecified atom stereocenters. The van der Waals surface area contributed by atoms with Crippen molar-refractivity contribution in [1.29, 1.82) is 0 Å². The average molecular weight is 506 g/mol. The predicted molar refractivity (Wildman–Crippen MR) is 148 cm³/mol. The van der Waals surface area contributed by atoms with Crippen molar-refractivity contribution in [2.24, 2.45) is 4.99 Å². The highest BCUT2D eigenvalue weighted by Crippen LogP contribution is 2.43. The number of hydrogen-bond donors (Lipinski definition) is 2. The molecule has 3 aliphatic rings. The molecule has 190 valence electrons. The normalized spacial score (nSPS) is 21.6. The predicted octanol–water partition coefficient (Wildman–Crippen LogP) is 7.49. The van der Waals surface area contributed by atoms with Gasteiger partial charge in [-0.05, 0) is 88.1 Å². The zero-order valence-electron chi connectivity index (χ0n) is 21.7. The van der Waals surface area contributed by atoms with Crippen LogP contribution in [0.3, 0.4) is 0 Å². The molecule has 1 atom stereocenters. The van der Waals surface area contributed by atoms with E-state index in [1.54, 1.807) is 0 Å². The van der Waals surface area contributed by atoms with Crippen molar-refractivity contribution in [3.63, 3.8) is 0 Å². The molecule has 0 aromatic heterocycles. The van der Waals surface area contributed by atoms with Gasteiger partial charge in [0.2, 0.25) is 0 Å². The molecule has 5 nitrogen and oxygen atoms in total. The van der Waals surface area contributed by atoms with Gasteiger partial charge in [-0.25, -0.2) is 9.79 Å². The molecule has 36 heavy (non-hydrogen) atoms. The van der Waals surface area contributed by atoms with Crippen LogP contribution < -0.4 is 10.6 Å². The van der Waals surface area contributed by atoms with E-state index in [-0.39, 0.29) is 17.7 Å². The molecule has 1 heterocycles. The van der Waals surface area contributed by atoms with E-state index in [0.717, 1.165) is 60.1 Å². The highest BCUT2D eigenvalue weighted by Gasteiger charge is 2.41. The Labute approximate surface area is 219 Å². The largest absolute Gasteiger partial charge is 0.444 e. The van der Waals surface area contributed by atoms with Crippen LogP contribution in [-0.4, -0.2) is 16.9 Å². The number of nitrogens with one attached hydrogen (secondary N) is 2. The van der Waals surface area contributed by atoms with Crippen LogP contribution in [-0.2, 0) is 10.3 Å². The lowest BCUT2D eigenvalue weighted by Crippen LogP contribution is -2.52. The minimum Gasteiger partial charge on any atom is -0.444 e. The Kier molecular flexibility index (Phi) is 7.60. The fourth-order valence-corrected chi connectivity index (χ4v) is 5.20. The first-order valence-corrected chi connectivity index (χ1v) is 13.0. The number of allylic oxidation sites excluding steroid dienone is 6. The van der Waals surface area contributed by atoms with E-state index in [9.17, 15) is 4.79 Å². The van der Waals surface area contributed by atoms with E-state index < -0.39 is 5.60 Å². The standard InChI is InChI=1S/C30H36ClN3O2/c1-6-32-27(31)24-19-25(21-11-8-7-9-12-21)26(33-20(24)2)22-13-15-23(16-14-22)30(17-10-18-30)34-28(35)36-29(3,4)5/h6,8,11-16,19,26,33H,1,7,9-10,17-18H2,2-5H3,(H,34,35)/b32-27+. The zero-order chi connectivity index (χ0) is 25.9. The maximum absolute atomic E-state index is 12.5. The van der Waals surface area contributed by atoms with Crippen LogP contribution in [0.1, 0.15) is 77.0 Å². The summed E-state index contributed by atoms with van der Waals surface area (Å²) in [6.07, 6.45) is 14.9. The Morgan fingerprint density at radius 1 is 1.25 bits per heavy atom. The Bertz CT molecular complexity index is 1180. The highest BCUT2D eigenvalue weighted by atomic mass is 35.5. The van der Waals surface area contributed by atoms with Gasteiger partial charge in [-0.3, -0.25) is 0 Å². The number of dihydropyridines is 1. The summed E-state index contributed by atoms with van der Waals surface area (Å²) in [6.45, 7) is 11.3. The average Bonchev–Trinajstić information content (AvgIpc) is 2.81. The van der Waals surface area contributed by atoms with E-state index in [2.05, 4.69) is 70.8 Å². The summed E-state index contributed by atoms with van der Waals surface area (Å²) in [6, 6.07) is 8.56. The molecule has 0 bridgehead atoms. The van der Waals surface area contributed by atoms with Gasteiger partial charge in [0, 0.05) is 17.5 Å². The van der Waals surface area contributed by atoms with E-state index in [0.29, 0.717) is 5.17 Å². The summed E-state index contributed by atoms with van der Waals surface area (Å²) in [4.78, 5) is 16.7. The van der Waals surface area contributed by atoms with Crippen LogP contribution in [0.4, 0.5) is 4.79 Å². The van der Waals surface area contributed by atoms with Crippen molar-refractivity contribution >= 4 is 22.9 Å². The number of amides is 1. The molecule has 2 aliphatic carbocycles. The van der Waals surface area contributed by atoms with Crippen molar-refractivity contribution in [2.75, 3.05) is 0 Å². The van der Waals surface area contributed by atoms with Crippen LogP contribution in [0.25, 0.3) is 0 Å². The summed E-state index contributed by atoms with van der Waals surface area (Å²) >= 11 is 6.48. The quantitative estimate of drug-likeness (QED) is 0.393. The molecule has 0 saturated heterocycles. The fraction of sp³-hybridized carbons (Fsp3) is 0.400. The third-order valence-electron chi connectivity index (χ3n) is 6.87. The first-order valence-electron chi connectivity index (χ1n) is 12.6. The molecule has 1 amide bonds. The van der Waals surface area contributed by atoms with Gasteiger partial charge in [0.25, 0.3) is 0 Å². The summed E-state index contributed by atoms with van der Waals surface area (Å²) in [5, 5.41) is 7.23. The Morgan fingerprint density at radius 2 is 1.97 bits per heavy atom. The van der Waals surface area contributed by atoms with Gasteiger partial charge >= 0.3 is 6.09 Å². The lowest BCUT2D eigenvalue weighted by molar-refractivity contribution is 0.0377. The van der Waals surface area contributed by atoms with Gasteiger partial charge in [-0.1, -0.05) is 60.7 Å². The number of nitrogens with zero attached hydrogens (tertiary/aromatic N) is 1. The molecule has 1 aromatic rings. The van der Waals surface area contributed by atoms with E-state index in [1.165, 1.54) is 11.8 Å². The summed E-state index contributed by atoms with van der Waals surface area (Å²) in [7, 11) is 0. The van der Waals surface area contributed by atoms with E-state index in [1.807, 2.05) is 27.7 Å². The summed E-state index contributed by atoms with van der Waals surface area (Å²) in [5.41, 5.74) is 5.54. The van der Waals surface area contributed by atoms with Gasteiger partial charge in [0.15, 0.2) is 0 Å². The monoisotopic (exact) mass is 505 g/mol. The second kappa shape index (κ2) is 10.5. The highest BCUT2D eigenvalue weighted by molar-refractivity contribution is 6.70. The number of alkyl carbamates (subject to hydrolysis) is 1. The number of aliphatic imine (C=N–C) groups is 1. The number of halogens is 1. The molecule has 2 N–H and O–H groups in total. The maximum Gasteiger partial charge on any atom is 0.408 e. The molecule has 1 aliphatic heterocycles. The number of carbonyl (C=O) groups is 1. The number of ether oxygens (including phenoxy) is 1. The second-order valence-corrected chi connectivity index (χ2v) is 11.0. The lowest BCUT2D eigenvalue weighted by Gasteiger charge is -2.43. The summed E-state index contributed by atoms with van der Waals surface area (Å²) < 4.78 is 5.54. The SMILES string of the molecule is C=C/N=C(/Cl)C1=C(C)NC(c2ccc(C3(NC(=O)OC(C)(C)C)CCC3)cc2)C(C2=CCCC=C2)=C1. The van der Waals surface area contributed by atoms with Gasteiger partial charge in [0.05, 0.1) is 11.6 Å². The van der Waals surface area contributed by atoms with E-state index in [4.69, 9.17) is 16.3 Å². The molecule has 4 rings (SSSR count). The molecule has 0 radical (unpaired) electrons. The van der Waals surface area contributed by atoms with Crippen LogP contribution in [0.2, 0.25) is 0 Å². The van der Waals surface area contributed by atoms with Crippen molar-refractivity contribution in [3.8, 4) is 0 Å². The Morgan fingerprint density at radius 3 is 2.53 bits per heavy atom. The fourth-order valence-electron chi connectivity index (χ4n) is 4.93. The van der Waals surface area contributed by atoms with Crippen LogP contribution in [0.5, 0.6) is 0 Å². The molecular weight excluding hydrogens is 470 g/mol. The number of carbonyl (C=O) groups excluding carboxylic acids is 1. The topological polar surface area (TPSA) is 62.7 Å². The third kappa shape index (κ3) is 5.67. The zero-order valence-corrected chi connectivity index (χ0v) is 22.4. The molecule has 6 heteroatoms. The lowest BCUT2D eigenvalue weighted by atomic mass is 9.71. The van der Waals surface area contributed by atoms with Crippen molar-refractivity contribution in [1.82, 2.24) is 10.6 Å². The summed E-state index contributed by atoms with van der Waals surface area (Å²) in [5.74, 6) is 0. The van der Waals surface area contributed by atoms with Crippen LogP contribution in [0.15, 0.2) is 88.8 Å². The molecular formula is C30H36ClN3O2. The van der Waals surface area contributed by atoms with Gasteiger partial charge in [0.1, 0.15) is 10.8 Å². The van der Waals surface area contributed by atoms with Crippen molar-refractivity contribution < 1.29 is 9.53 Å². The number of hydrogen-bond acceptors (Lipinski definition) is 4.